The highest BCUT2D eigenvalue weighted by Gasteiger charge is 2.56. The zero-order valence-corrected chi connectivity index (χ0v) is 9.95. The summed E-state index contributed by atoms with van der Waals surface area (Å²) in [6.07, 6.45) is 0. The topological polar surface area (TPSA) is 55.1 Å². The molecule has 0 aliphatic heterocycles. The number of benzene rings is 1. The molecule has 1 aliphatic carbocycles. The van der Waals surface area contributed by atoms with Gasteiger partial charge in [0.1, 0.15) is 0 Å². The fraction of sp³-hybridized carbons (Fsp3) is 0.462. The summed E-state index contributed by atoms with van der Waals surface area (Å²) in [5.41, 5.74) is 8.27. The van der Waals surface area contributed by atoms with Gasteiger partial charge in [0.25, 0.3) is 0 Å². The van der Waals surface area contributed by atoms with Gasteiger partial charge in [-0.3, -0.25) is 4.79 Å². The first-order valence-electron chi connectivity index (χ1n) is 5.56. The van der Waals surface area contributed by atoms with Gasteiger partial charge in [-0.05, 0) is 23.1 Å². The minimum Gasteiger partial charge on any atom is -0.327 e. The lowest BCUT2D eigenvalue weighted by atomic mass is 10.0. The van der Waals surface area contributed by atoms with Gasteiger partial charge in [-0.2, -0.15) is 0 Å². The first-order valence-corrected chi connectivity index (χ1v) is 5.56. The summed E-state index contributed by atoms with van der Waals surface area (Å²) in [5.74, 6) is 0.359. The fourth-order valence-electron chi connectivity index (χ4n) is 2.33. The third kappa shape index (κ3) is 1.83. The molecule has 1 amide bonds. The van der Waals surface area contributed by atoms with Crippen molar-refractivity contribution in [2.45, 2.75) is 32.7 Å². The molecule has 1 aromatic carbocycles. The van der Waals surface area contributed by atoms with E-state index in [-0.39, 0.29) is 17.4 Å². The summed E-state index contributed by atoms with van der Waals surface area (Å²) < 4.78 is 0. The van der Waals surface area contributed by atoms with Crippen molar-refractivity contribution >= 4 is 11.6 Å². The number of hydrogen-bond acceptors (Lipinski definition) is 2. The lowest BCUT2D eigenvalue weighted by Gasteiger charge is -2.06. The molecule has 1 fully saturated rings. The van der Waals surface area contributed by atoms with Crippen molar-refractivity contribution < 1.29 is 4.79 Å². The molecule has 0 radical (unpaired) electrons. The SMILES string of the molecule is CC(=O)Nc1cccc(C2C(N)C2(C)C)c1. The largest absolute Gasteiger partial charge is 0.327 e. The van der Waals surface area contributed by atoms with E-state index in [4.69, 9.17) is 5.73 Å². The summed E-state index contributed by atoms with van der Waals surface area (Å²) >= 11 is 0. The molecule has 16 heavy (non-hydrogen) atoms. The van der Waals surface area contributed by atoms with Crippen LogP contribution in [0.2, 0.25) is 0 Å². The number of carbonyl (C=O) groups is 1. The van der Waals surface area contributed by atoms with Gasteiger partial charge in [-0.15, -0.1) is 0 Å². The van der Waals surface area contributed by atoms with Crippen LogP contribution >= 0.6 is 0 Å². The molecule has 2 rings (SSSR count). The van der Waals surface area contributed by atoms with Gasteiger partial charge >= 0.3 is 0 Å². The van der Waals surface area contributed by atoms with Gasteiger partial charge in [-0.25, -0.2) is 0 Å². The Kier molecular flexibility index (Phi) is 2.50. The highest BCUT2D eigenvalue weighted by molar-refractivity contribution is 5.88. The molecule has 2 unspecified atom stereocenters. The molecule has 3 nitrogen and oxygen atoms in total. The van der Waals surface area contributed by atoms with Gasteiger partial charge in [0.15, 0.2) is 0 Å². The van der Waals surface area contributed by atoms with E-state index >= 15 is 0 Å². The molecule has 1 aliphatic rings. The third-order valence-corrected chi connectivity index (χ3v) is 3.48. The fourth-order valence-corrected chi connectivity index (χ4v) is 2.33. The zero-order chi connectivity index (χ0) is 11.9. The average Bonchev–Trinajstić information content (AvgIpc) is 2.65. The number of hydrogen-bond donors (Lipinski definition) is 2. The van der Waals surface area contributed by atoms with E-state index in [9.17, 15) is 4.79 Å². The van der Waals surface area contributed by atoms with Crippen LogP contribution in [0, 0.1) is 5.41 Å². The highest BCUT2D eigenvalue weighted by atomic mass is 16.1. The van der Waals surface area contributed by atoms with Gasteiger partial charge in [0.2, 0.25) is 5.91 Å². The van der Waals surface area contributed by atoms with E-state index in [2.05, 4.69) is 25.2 Å². The Morgan fingerprint density at radius 1 is 1.44 bits per heavy atom. The van der Waals surface area contributed by atoms with Crippen LogP contribution in [0.5, 0.6) is 0 Å². The molecule has 0 heterocycles. The monoisotopic (exact) mass is 218 g/mol. The van der Waals surface area contributed by atoms with Crippen LogP contribution in [-0.2, 0) is 4.79 Å². The predicted octanol–water partition coefficient (Wildman–Crippen LogP) is 2.10. The van der Waals surface area contributed by atoms with E-state index in [1.165, 1.54) is 12.5 Å². The van der Waals surface area contributed by atoms with Crippen LogP contribution in [0.3, 0.4) is 0 Å². The molecule has 2 atom stereocenters. The van der Waals surface area contributed by atoms with Gasteiger partial charge in [0.05, 0.1) is 0 Å². The van der Waals surface area contributed by atoms with Crippen molar-refractivity contribution in [2.75, 3.05) is 5.32 Å². The van der Waals surface area contributed by atoms with Crippen molar-refractivity contribution in [3.63, 3.8) is 0 Å². The number of anilines is 1. The summed E-state index contributed by atoms with van der Waals surface area (Å²) in [6, 6.07) is 8.17. The molecular weight excluding hydrogens is 200 g/mol. The molecule has 0 saturated heterocycles. The smallest absolute Gasteiger partial charge is 0.221 e. The average molecular weight is 218 g/mol. The van der Waals surface area contributed by atoms with Crippen LogP contribution in [-0.4, -0.2) is 11.9 Å². The Bertz CT molecular complexity index is 426. The van der Waals surface area contributed by atoms with Crippen molar-refractivity contribution in [3.8, 4) is 0 Å². The number of nitrogens with one attached hydrogen (secondary N) is 1. The first kappa shape index (κ1) is 11.1. The second-order valence-corrected chi connectivity index (χ2v) is 5.13. The second kappa shape index (κ2) is 3.59. The molecular formula is C13H18N2O. The number of nitrogens with two attached hydrogens (primary N) is 1. The van der Waals surface area contributed by atoms with Gasteiger partial charge in [0, 0.05) is 24.6 Å². The van der Waals surface area contributed by atoms with Crippen LogP contribution in [0.25, 0.3) is 0 Å². The number of carbonyl (C=O) groups excluding carboxylic acids is 1. The Morgan fingerprint density at radius 3 is 2.56 bits per heavy atom. The first-order chi connectivity index (χ1) is 7.43. The maximum Gasteiger partial charge on any atom is 0.221 e. The molecule has 3 heteroatoms. The molecule has 1 saturated carbocycles. The molecule has 1 aromatic rings. The van der Waals surface area contributed by atoms with Crippen molar-refractivity contribution in [1.82, 2.24) is 0 Å². The minimum atomic E-state index is -0.0449. The number of amides is 1. The highest BCUT2D eigenvalue weighted by Crippen LogP contribution is 2.57. The van der Waals surface area contributed by atoms with Gasteiger partial charge < -0.3 is 11.1 Å². The summed E-state index contributed by atoms with van der Waals surface area (Å²) in [7, 11) is 0. The van der Waals surface area contributed by atoms with Crippen molar-refractivity contribution in [3.05, 3.63) is 29.8 Å². The molecule has 3 N–H and O–H groups in total. The van der Waals surface area contributed by atoms with E-state index in [1.54, 1.807) is 0 Å². The predicted molar refractivity (Wildman–Crippen MR) is 65.2 cm³/mol. The summed E-state index contributed by atoms with van der Waals surface area (Å²) in [6.45, 7) is 5.86. The maximum atomic E-state index is 11.0. The normalized spacial score (nSPS) is 26.2. The van der Waals surface area contributed by atoms with E-state index < -0.39 is 0 Å². The van der Waals surface area contributed by atoms with Crippen LogP contribution in [0.15, 0.2) is 24.3 Å². The minimum absolute atomic E-state index is 0.0449. The lowest BCUT2D eigenvalue weighted by Crippen LogP contribution is -2.07. The molecule has 86 valence electrons. The van der Waals surface area contributed by atoms with E-state index in [1.807, 2.05) is 18.2 Å². The van der Waals surface area contributed by atoms with Crippen LogP contribution < -0.4 is 11.1 Å². The number of rotatable bonds is 2. The zero-order valence-electron chi connectivity index (χ0n) is 9.95. The summed E-state index contributed by atoms with van der Waals surface area (Å²) in [4.78, 5) is 11.0. The molecule has 0 bridgehead atoms. The summed E-state index contributed by atoms with van der Waals surface area (Å²) in [5, 5.41) is 2.79. The van der Waals surface area contributed by atoms with Crippen molar-refractivity contribution in [2.24, 2.45) is 11.1 Å². The molecule has 0 aromatic heterocycles. The Hall–Kier alpha value is -1.35. The molecule has 0 spiro atoms. The van der Waals surface area contributed by atoms with Gasteiger partial charge in [-0.1, -0.05) is 26.0 Å². The second-order valence-electron chi connectivity index (χ2n) is 5.13. The van der Waals surface area contributed by atoms with Crippen LogP contribution in [0.4, 0.5) is 5.69 Å². The third-order valence-electron chi connectivity index (χ3n) is 3.48. The quantitative estimate of drug-likeness (QED) is 0.798. The maximum absolute atomic E-state index is 11.0. The van der Waals surface area contributed by atoms with E-state index in [0.717, 1.165) is 5.69 Å². The Balaban J connectivity index is 2.21. The van der Waals surface area contributed by atoms with Crippen LogP contribution in [0.1, 0.15) is 32.3 Å². The van der Waals surface area contributed by atoms with Crippen molar-refractivity contribution in [1.29, 1.82) is 0 Å². The standard InChI is InChI=1S/C13H18N2O/c1-8(16)15-10-6-4-5-9(7-10)11-12(14)13(11,2)3/h4-7,11-12H,14H2,1-3H3,(H,15,16). The lowest BCUT2D eigenvalue weighted by molar-refractivity contribution is -0.114. The van der Waals surface area contributed by atoms with E-state index in [0.29, 0.717) is 5.92 Å². The Morgan fingerprint density at radius 2 is 2.06 bits per heavy atom. The Labute approximate surface area is 96.0 Å².